The van der Waals surface area contributed by atoms with E-state index < -0.39 is 0 Å². The van der Waals surface area contributed by atoms with Gasteiger partial charge < -0.3 is 15.2 Å². The van der Waals surface area contributed by atoms with Crippen LogP contribution >= 0.6 is 11.3 Å². The summed E-state index contributed by atoms with van der Waals surface area (Å²) in [5.74, 6) is -0.657. The molecule has 114 valence electrons. The smallest absolute Gasteiger partial charge is 0.268 e. The SMILES string of the molecule is C=CCNC(=O)/C(=C\c1cccn1C)NC(=O)c1cccs1. The summed E-state index contributed by atoms with van der Waals surface area (Å²) in [6.45, 7) is 3.89. The van der Waals surface area contributed by atoms with Gasteiger partial charge in [0.1, 0.15) is 5.70 Å². The standard InChI is InChI=1S/C16H17N3O2S/c1-3-8-17-15(20)13(11-12-6-4-9-19(12)2)18-16(21)14-7-5-10-22-14/h3-7,9-11H,1,8H2,2H3,(H,17,20)(H,18,21)/b13-11+. The molecule has 2 amide bonds. The third kappa shape index (κ3) is 3.95. The molecule has 22 heavy (non-hydrogen) atoms. The van der Waals surface area contributed by atoms with Gasteiger partial charge in [-0.1, -0.05) is 12.1 Å². The van der Waals surface area contributed by atoms with E-state index in [1.807, 2.05) is 35.3 Å². The number of thiophene rings is 1. The summed E-state index contributed by atoms with van der Waals surface area (Å²) in [5.41, 5.74) is 1.01. The average Bonchev–Trinajstić information content (AvgIpc) is 3.16. The molecule has 5 nitrogen and oxygen atoms in total. The molecule has 0 atom stereocenters. The number of aryl methyl sites for hydroxylation is 1. The maximum atomic E-state index is 12.2. The molecule has 0 saturated carbocycles. The van der Waals surface area contributed by atoms with E-state index in [1.54, 1.807) is 24.3 Å². The number of carbonyl (C=O) groups is 2. The Balaban J connectivity index is 2.23. The Morgan fingerprint density at radius 2 is 2.18 bits per heavy atom. The molecule has 2 heterocycles. The van der Waals surface area contributed by atoms with Crippen LogP contribution in [0.1, 0.15) is 15.4 Å². The number of hydrogen-bond donors (Lipinski definition) is 2. The van der Waals surface area contributed by atoms with Crippen molar-refractivity contribution in [2.75, 3.05) is 6.54 Å². The minimum absolute atomic E-state index is 0.196. The third-order valence-electron chi connectivity index (χ3n) is 2.92. The van der Waals surface area contributed by atoms with Crippen molar-refractivity contribution in [2.45, 2.75) is 0 Å². The quantitative estimate of drug-likeness (QED) is 0.634. The van der Waals surface area contributed by atoms with Gasteiger partial charge >= 0.3 is 0 Å². The second-order valence-corrected chi connectivity index (χ2v) is 5.48. The molecule has 0 unspecified atom stereocenters. The number of amides is 2. The van der Waals surface area contributed by atoms with Gasteiger partial charge in [-0.15, -0.1) is 17.9 Å². The molecule has 0 fully saturated rings. The van der Waals surface area contributed by atoms with Crippen LogP contribution in [0.2, 0.25) is 0 Å². The molecule has 6 heteroatoms. The Hall–Kier alpha value is -2.60. The van der Waals surface area contributed by atoms with E-state index in [-0.39, 0.29) is 17.5 Å². The van der Waals surface area contributed by atoms with Crippen LogP contribution in [0.15, 0.2) is 54.2 Å². The molecule has 0 aliphatic heterocycles. The molecule has 2 aromatic rings. The number of nitrogens with one attached hydrogen (secondary N) is 2. The van der Waals surface area contributed by atoms with Gasteiger partial charge in [0.25, 0.3) is 11.8 Å². The van der Waals surface area contributed by atoms with Crippen molar-refractivity contribution >= 4 is 29.2 Å². The summed E-state index contributed by atoms with van der Waals surface area (Å²) in [6, 6.07) is 7.23. The zero-order valence-corrected chi connectivity index (χ0v) is 13.0. The van der Waals surface area contributed by atoms with Crippen molar-refractivity contribution < 1.29 is 9.59 Å². The fourth-order valence-corrected chi connectivity index (χ4v) is 2.40. The topological polar surface area (TPSA) is 63.1 Å². The van der Waals surface area contributed by atoms with Crippen LogP contribution in [-0.2, 0) is 11.8 Å². The first-order chi connectivity index (χ1) is 10.6. The second-order valence-electron chi connectivity index (χ2n) is 4.53. The highest BCUT2D eigenvalue weighted by Crippen LogP contribution is 2.11. The zero-order valence-electron chi connectivity index (χ0n) is 12.2. The van der Waals surface area contributed by atoms with Crippen molar-refractivity contribution in [3.63, 3.8) is 0 Å². The van der Waals surface area contributed by atoms with Gasteiger partial charge in [0, 0.05) is 25.5 Å². The first-order valence-electron chi connectivity index (χ1n) is 6.69. The minimum atomic E-state index is -0.356. The van der Waals surface area contributed by atoms with Gasteiger partial charge in [-0.2, -0.15) is 0 Å². The molecular formula is C16H17N3O2S. The maximum absolute atomic E-state index is 12.2. The molecular weight excluding hydrogens is 298 g/mol. The van der Waals surface area contributed by atoms with Crippen LogP contribution in [0, 0.1) is 0 Å². The fraction of sp³-hybridized carbons (Fsp3) is 0.125. The first kappa shape index (κ1) is 15.8. The molecule has 0 saturated heterocycles. The Morgan fingerprint density at radius 1 is 1.36 bits per heavy atom. The number of nitrogens with zero attached hydrogens (tertiary/aromatic N) is 1. The van der Waals surface area contributed by atoms with Crippen LogP contribution in [0.4, 0.5) is 0 Å². The summed E-state index contributed by atoms with van der Waals surface area (Å²) in [7, 11) is 1.87. The lowest BCUT2D eigenvalue weighted by molar-refractivity contribution is -0.117. The van der Waals surface area contributed by atoms with Gasteiger partial charge in [-0.05, 0) is 29.7 Å². The van der Waals surface area contributed by atoms with Gasteiger partial charge in [0.2, 0.25) is 0 Å². The molecule has 2 aromatic heterocycles. The molecule has 0 aliphatic carbocycles. The monoisotopic (exact) mass is 315 g/mol. The van der Waals surface area contributed by atoms with E-state index in [0.29, 0.717) is 11.4 Å². The predicted molar refractivity (Wildman–Crippen MR) is 88.4 cm³/mol. The fourth-order valence-electron chi connectivity index (χ4n) is 1.78. The van der Waals surface area contributed by atoms with Crippen molar-refractivity contribution in [2.24, 2.45) is 7.05 Å². The van der Waals surface area contributed by atoms with Crippen LogP contribution in [-0.4, -0.2) is 22.9 Å². The minimum Gasteiger partial charge on any atom is -0.351 e. The van der Waals surface area contributed by atoms with Crippen LogP contribution in [0.3, 0.4) is 0 Å². The van der Waals surface area contributed by atoms with Crippen LogP contribution in [0.5, 0.6) is 0 Å². The molecule has 0 aliphatic rings. The van der Waals surface area contributed by atoms with Gasteiger partial charge in [-0.3, -0.25) is 9.59 Å². The van der Waals surface area contributed by atoms with Gasteiger partial charge in [0.05, 0.1) is 4.88 Å². The highest BCUT2D eigenvalue weighted by atomic mass is 32.1. The van der Waals surface area contributed by atoms with Gasteiger partial charge in [0.15, 0.2) is 0 Å². The molecule has 0 spiro atoms. The largest absolute Gasteiger partial charge is 0.351 e. The second kappa shape index (κ2) is 7.42. The normalized spacial score (nSPS) is 11.0. The number of hydrogen-bond acceptors (Lipinski definition) is 3. The van der Waals surface area contributed by atoms with E-state index in [1.165, 1.54) is 11.3 Å². The van der Waals surface area contributed by atoms with Crippen molar-refractivity contribution in [1.29, 1.82) is 0 Å². The van der Waals surface area contributed by atoms with E-state index in [0.717, 1.165) is 5.69 Å². The lowest BCUT2D eigenvalue weighted by Crippen LogP contribution is -2.34. The highest BCUT2D eigenvalue weighted by Gasteiger charge is 2.15. The summed E-state index contributed by atoms with van der Waals surface area (Å²) >= 11 is 1.32. The summed E-state index contributed by atoms with van der Waals surface area (Å²) < 4.78 is 1.86. The molecule has 0 radical (unpaired) electrons. The molecule has 2 rings (SSSR count). The average molecular weight is 315 g/mol. The zero-order chi connectivity index (χ0) is 15.9. The number of aromatic nitrogens is 1. The van der Waals surface area contributed by atoms with Crippen LogP contribution < -0.4 is 10.6 Å². The summed E-state index contributed by atoms with van der Waals surface area (Å²) in [4.78, 5) is 24.9. The van der Waals surface area contributed by atoms with Crippen molar-refractivity contribution in [3.8, 4) is 0 Å². The Kier molecular flexibility index (Phi) is 5.32. The summed E-state index contributed by atoms with van der Waals surface area (Å²) in [6.07, 6.45) is 5.09. The van der Waals surface area contributed by atoms with E-state index in [4.69, 9.17) is 0 Å². The van der Waals surface area contributed by atoms with E-state index in [2.05, 4.69) is 17.2 Å². The van der Waals surface area contributed by atoms with E-state index in [9.17, 15) is 9.59 Å². The predicted octanol–water partition coefficient (Wildman–Crippen LogP) is 2.16. The molecule has 0 bridgehead atoms. The summed E-state index contributed by atoms with van der Waals surface area (Å²) in [5, 5.41) is 7.15. The number of carbonyl (C=O) groups excluding carboxylic acids is 2. The van der Waals surface area contributed by atoms with E-state index >= 15 is 0 Å². The molecule has 2 N–H and O–H groups in total. The third-order valence-corrected chi connectivity index (χ3v) is 3.79. The Morgan fingerprint density at radius 3 is 2.77 bits per heavy atom. The maximum Gasteiger partial charge on any atom is 0.268 e. The van der Waals surface area contributed by atoms with Crippen LogP contribution in [0.25, 0.3) is 6.08 Å². The van der Waals surface area contributed by atoms with Crippen molar-refractivity contribution in [3.05, 3.63) is 64.8 Å². The first-order valence-corrected chi connectivity index (χ1v) is 7.56. The highest BCUT2D eigenvalue weighted by molar-refractivity contribution is 7.12. The lowest BCUT2D eigenvalue weighted by Gasteiger charge is -2.09. The molecule has 0 aromatic carbocycles. The lowest BCUT2D eigenvalue weighted by atomic mass is 10.3. The van der Waals surface area contributed by atoms with Gasteiger partial charge in [-0.25, -0.2) is 0 Å². The van der Waals surface area contributed by atoms with Crippen molar-refractivity contribution in [1.82, 2.24) is 15.2 Å². The Labute approximate surface area is 133 Å². The Bertz CT molecular complexity index is 699. The number of rotatable bonds is 6.